The smallest absolute Gasteiger partial charge is 0.246 e. The number of benzene rings is 1. The zero-order chi connectivity index (χ0) is 18.1. The Labute approximate surface area is 146 Å². The van der Waals surface area contributed by atoms with E-state index < -0.39 is 0 Å². The number of rotatable bonds is 7. The molecule has 1 rings (SSSR count). The van der Waals surface area contributed by atoms with Crippen molar-refractivity contribution in [1.29, 1.82) is 0 Å². The Bertz CT molecular complexity index is 654. The van der Waals surface area contributed by atoms with Crippen molar-refractivity contribution in [3.63, 3.8) is 0 Å². The van der Waals surface area contributed by atoms with Crippen LogP contribution in [-0.4, -0.2) is 20.1 Å². The van der Waals surface area contributed by atoms with Gasteiger partial charge in [-0.2, -0.15) is 0 Å². The molecule has 0 heterocycles. The molecule has 0 aliphatic heterocycles. The number of allylic oxidation sites excluding steroid dienone is 5. The third-order valence-electron chi connectivity index (χ3n) is 3.96. The van der Waals surface area contributed by atoms with E-state index in [-0.39, 0.29) is 11.8 Å². The van der Waals surface area contributed by atoms with E-state index in [0.29, 0.717) is 5.57 Å². The van der Waals surface area contributed by atoms with Crippen LogP contribution in [0.5, 0.6) is 5.75 Å². The number of carbonyl (C=O) groups is 1. The fourth-order valence-electron chi connectivity index (χ4n) is 2.61. The molecule has 3 heteroatoms. The summed E-state index contributed by atoms with van der Waals surface area (Å²) in [5.74, 6) is 1.07. The first kappa shape index (κ1) is 19.8. The maximum absolute atomic E-state index is 11.6. The van der Waals surface area contributed by atoms with Gasteiger partial charge in [0, 0.05) is 18.5 Å². The SMILES string of the molecule is CC/C=C(/C=C(C)\C=C(/C)C(=O)NC)C(C)c1cccc(OC)c1. The largest absolute Gasteiger partial charge is 0.497 e. The molecule has 1 aromatic rings. The van der Waals surface area contributed by atoms with E-state index in [4.69, 9.17) is 4.74 Å². The Hall–Kier alpha value is -2.29. The highest BCUT2D eigenvalue weighted by Crippen LogP contribution is 2.28. The van der Waals surface area contributed by atoms with Gasteiger partial charge in [-0.15, -0.1) is 0 Å². The lowest BCUT2D eigenvalue weighted by Gasteiger charge is -2.15. The molecule has 0 aliphatic rings. The number of methoxy groups -OCH3 is 1. The lowest BCUT2D eigenvalue weighted by Crippen LogP contribution is -2.18. The van der Waals surface area contributed by atoms with E-state index in [1.165, 1.54) is 11.1 Å². The van der Waals surface area contributed by atoms with Crippen molar-refractivity contribution in [1.82, 2.24) is 5.32 Å². The highest BCUT2D eigenvalue weighted by Gasteiger charge is 2.10. The maximum Gasteiger partial charge on any atom is 0.246 e. The Balaban J connectivity index is 3.12. The van der Waals surface area contributed by atoms with Crippen LogP contribution in [0.15, 0.2) is 59.2 Å². The van der Waals surface area contributed by atoms with Gasteiger partial charge in [-0.1, -0.05) is 49.8 Å². The molecule has 0 bridgehead atoms. The molecule has 1 atom stereocenters. The summed E-state index contributed by atoms with van der Waals surface area (Å²) in [6, 6.07) is 8.16. The first-order chi connectivity index (χ1) is 11.4. The second-order valence-electron chi connectivity index (χ2n) is 5.91. The summed E-state index contributed by atoms with van der Waals surface area (Å²) in [5, 5.41) is 2.65. The fraction of sp³-hybridized carbons (Fsp3) is 0.381. The van der Waals surface area contributed by atoms with Gasteiger partial charge in [-0.3, -0.25) is 4.79 Å². The van der Waals surface area contributed by atoms with Gasteiger partial charge in [-0.05, 0) is 43.5 Å². The van der Waals surface area contributed by atoms with Crippen molar-refractivity contribution in [2.75, 3.05) is 14.2 Å². The van der Waals surface area contributed by atoms with Crippen molar-refractivity contribution >= 4 is 5.91 Å². The summed E-state index contributed by atoms with van der Waals surface area (Å²) >= 11 is 0. The Morgan fingerprint density at radius 1 is 1.29 bits per heavy atom. The maximum atomic E-state index is 11.6. The molecule has 1 aromatic carbocycles. The van der Waals surface area contributed by atoms with Crippen molar-refractivity contribution in [3.8, 4) is 5.75 Å². The van der Waals surface area contributed by atoms with Crippen LogP contribution in [0, 0.1) is 0 Å². The van der Waals surface area contributed by atoms with E-state index in [0.717, 1.165) is 17.7 Å². The molecule has 0 saturated heterocycles. The Kier molecular flexibility index (Phi) is 8.03. The number of nitrogens with one attached hydrogen (secondary N) is 1. The van der Waals surface area contributed by atoms with Crippen LogP contribution in [0.2, 0.25) is 0 Å². The van der Waals surface area contributed by atoms with Gasteiger partial charge in [0.25, 0.3) is 0 Å². The quantitative estimate of drug-likeness (QED) is 0.578. The second-order valence-corrected chi connectivity index (χ2v) is 5.91. The number of likely N-dealkylation sites (N-methyl/N-ethyl adjacent to an activating group) is 1. The third-order valence-corrected chi connectivity index (χ3v) is 3.96. The topological polar surface area (TPSA) is 38.3 Å². The first-order valence-corrected chi connectivity index (χ1v) is 8.35. The van der Waals surface area contributed by atoms with E-state index in [1.54, 1.807) is 14.2 Å². The molecule has 1 unspecified atom stereocenters. The highest BCUT2D eigenvalue weighted by molar-refractivity contribution is 5.93. The standard InChI is InChI=1S/C21H29NO2/c1-7-9-18(13-15(2)12-16(3)21(23)22-5)17(4)19-10-8-11-20(14-19)24-6/h8-14,17H,7H2,1-6H3,(H,22,23)/b15-13-,16-12+,18-9-. The fourth-order valence-corrected chi connectivity index (χ4v) is 2.61. The minimum Gasteiger partial charge on any atom is -0.497 e. The number of carbonyl (C=O) groups excluding carboxylic acids is 1. The summed E-state index contributed by atoms with van der Waals surface area (Å²) in [4.78, 5) is 11.6. The molecule has 24 heavy (non-hydrogen) atoms. The van der Waals surface area contributed by atoms with Crippen LogP contribution in [0.25, 0.3) is 0 Å². The number of hydrogen-bond acceptors (Lipinski definition) is 2. The summed E-state index contributed by atoms with van der Waals surface area (Å²) in [6.07, 6.45) is 7.27. The minimum absolute atomic E-state index is 0.0513. The monoisotopic (exact) mass is 327 g/mol. The summed E-state index contributed by atoms with van der Waals surface area (Å²) < 4.78 is 5.33. The lowest BCUT2D eigenvalue weighted by molar-refractivity contribution is -0.117. The number of hydrogen-bond donors (Lipinski definition) is 1. The normalized spacial score (nSPS) is 14.3. The van der Waals surface area contributed by atoms with Crippen LogP contribution in [0.4, 0.5) is 0 Å². The van der Waals surface area contributed by atoms with Gasteiger partial charge in [-0.25, -0.2) is 0 Å². The van der Waals surface area contributed by atoms with Crippen LogP contribution >= 0.6 is 0 Å². The van der Waals surface area contributed by atoms with Crippen molar-refractivity contribution < 1.29 is 9.53 Å². The van der Waals surface area contributed by atoms with Gasteiger partial charge >= 0.3 is 0 Å². The first-order valence-electron chi connectivity index (χ1n) is 8.35. The molecule has 0 spiro atoms. The highest BCUT2D eigenvalue weighted by atomic mass is 16.5. The third kappa shape index (κ3) is 5.73. The molecular weight excluding hydrogens is 298 g/mol. The summed E-state index contributed by atoms with van der Waals surface area (Å²) in [6.45, 7) is 8.17. The predicted octanol–water partition coefficient (Wildman–Crippen LogP) is 4.77. The number of amides is 1. The molecule has 130 valence electrons. The van der Waals surface area contributed by atoms with Crippen LogP contribution in [-0.2, 0) is 4.79 Å². The van der Waals surface area contributed by atoms with Gasteiger partial charge in [0.15, 0.2) is 0 Å². The average Bonchev–Trinajstić information content (AvgIpc) is 2.59. The molecule has 0 aromatic heterocycles. The van der Waals surface area contributed by atoms with Crippen molar-refractivity contribution in [2.24, 2.45) is 0 Å². The lowest BCUT2D eigenvalue weighted by atomic mass is 9.90. The summed E-state index contributed by atoms with van der Waals surface area (Å²) in [5.41, 5.74) is 4.22. The number of ether oxygens (including phenoxy) is 1. The Morgan fingerprint density at radius 3 is 2.58 bits per heavy atom. The van der Waals surface area contributed by atoms with Gasteiger partial charge in [0.1, 0.15) is 5.75 Å². The minimum atomic E-state index is -0.0513. The van der Waals surface area contributed by atoms with Crippen LogP contribution in [0.1, 0.15) is 45.6 Å². The molecular formula is C21H29NO2. The molecule has 1 N–H and O–H groups in total. The van der Waals surface area contributed by atoms with Crippen molar-refractivity contribution in [2.45, 2.75) is 40.0 Å². The zero-order valence-corrected chi connectivity index (χ0v) is 15.6. The molecule has 0 radical (unpaired) electrons. The summed E-state index contributed by atoms with van der Waals surface area (Å²) in [7, 11) is 3.33. The van der Waals surface area contributed by atoms with Gasteiger partial charge in [0.05, 0.1) is 7.11 Å². The van der Waals surface area contributed by atoms with E-state index in [1.807, 2.05) is 32.1 Å². The molecule has 3 nitrogen and oxygen atoms in total. The molecule has 0 saturated carbocycles. The molecule has 0 fully saturated rings. The van der Waals surface area contributed by atoms with Gasteiger partial charge < -0.3 is 10.1 Å². The molecule has 1 amide bonds. The van der Waals surface area contributed by atoms with Crippen LogP contribution < -0.4 is 10.1 Å². The van der Waals surface area contributed by atoms with E-state index >= 15 is 0 Å². The van der Waals surface area contributed by atoms with E-state index in [2.05, 4.69) is 43.4 Å². The van der Waals surface area contributed by atoms with Crippen molar-refractivity contribution in [3.05, 3.63) is 64.8 Å². The zero-order valence-electron chi connectivity index (χ0n) is 15.6. The van der Waals surface area contributed by atoms with E-state index in [9.17, 15) is 4.79 Å². The van der Waals surface area contributed by atoms with Gasteiger partial charge in [0.2, 0.25) is 5.91 Å². The Morgan fingerprint density at radius 2 is 2.00 bits per heavy atom. The average molecular weight is 327 g/mol. The second kappa shape index (κ2) is 9.76. The van der Waals surface area contributed by atoms with Crippen LogP contribution in [0.3, 0.4) is 0 Å². The molecule has 0 aliphatic carbocycles. The predicted molar refractivity (Wildman–Crippen MR) is 101 cm³/mol.